The van der Waals surface area contributed by atoms with Crippen LogP contribution in [0, 0.1) is 0 Å². The Labute approximate surface area is 217 Å². The lowest BCUT2D eigenvalue weighted by Crippen LogP contribution is -2.36. The second-order valence-electron chi connectivity index (χ2n) is 10.8. The number of hydrogen-bond acceptors (Lipinski definition) is 5. The van der Waals surface area contributed by atoms with Gasteiger partial charge in [-0.1, -0.05) is 69.3 Å². The number of aliphatic hydroxyl groups is 1. The molecule has 6 heteroatoms. The van der Waals surface area contributed by atoms with E-state index in [1.54, 1.807) is 11.0 Å². The highest BCUT2D eigenvalue weighted by Crippen LogP contribution is 2.44. The first-order valence-electron chi connectivity index (χ1n) is 12.8. The van der Waals surface area contributed by atoms with Crippen molar-refractivity contribution in [3.05, 3.63) is 82.9 Å². The maximum Gasteiger partial charge on any atom is 0.295 e. The fourth-order valence-electron chi connectivity index (χ4n) is 5.39. The number of ketones is 1. The third-order valence-electron chi connectivity index (χ3n) is 7.40. The molecule has 1 N–H and O–H groups in total. The van der Waals surface area contributed by atoms with Gasteiger partial charge in [0.25, 0.3) is 11.7 Å². The maximum absolute atomic E-state index is 13.6. The number of fused-ring (bicyclic) bond motifs is 1. The van der Waals surface area contributed by atoms with Crippen molar-refractivity contribution >= 4 is 28.2 Å². The van der Waals surface area contributed by atoms with Crippen LogP contribution in [0.1, 0.15) is 56.3 Å². The first kappa shape index (κ1) is 25.0. The van der Waals surface area contributed by atoms with Gasteiger partial charge >= 0.3 is 0 Å². The van der Waals surface area contributed by atoms with Crippen LogP contribution in [0.15, 0.2) is 66.2 Å². The fraction of sp³-hybridized carbons (Fsp3) is 0.355. The lowest BCUT2D eigenvalue weighted by Gasteiger charge is -2.28. The van der Waals surface area contributed by atoms with Crippen molar-refractivity contribution in [3.8, 4) is 5.75 Å². The first-order valence-corrected chi connectivity index (χ1v) is 12.8. The molecule has 6 nitrogen and oxygen atoms in total. The van der Waals surface area contributed by atoms with Gasteiger partial charge in [-0.15, -0.1) is 0 Å². The van der Waals surface area contributed by atoms with Gasteiger partial charge in [-0.2, -0.15) is 0 Å². The zero-order chi connectivity index (χ0) is 26.3. The summed E-state index contributed by atoms with van der Waals surface area (Å²) < 4.78 is 11.4. The van der Waals surface area contributed by atoms with Crippen molar-refractivity contribution in [2.24, 2.45) is 0 Å². The quantitative estimate of drug-likeness (QED) is 0.275. The Kier molecular flexibility index (Phi) is 6.54. The van der Waals surface area contributed by atoms with Crippen LogP contribution in [-0.2, 0) is 19.7 Å². The van der Waals surface area contributed by atoms with Crippen molar-refractivity contribution in [3.63, 3.8) is 0 Å². The number of nitrogens with zero attached hydrogens (tertiary/aromatic N) is 1. The van der Waals surface area contributed by atoms with Crippen LogP contribution in [0.5, 0.6) is 5.75 Å². The lowest BCUT2D eigenvalue weighted by atomic mass is 9.85. The summed E-state index contributed by atoms with van der Waals surface area (Å²) in [6.07, 6.45) is 1.60. The van der Waals surface area contributed by atoms with E-state index >= 15 is 0 Å². The SMILES string of the molecule is COc1ccc(C(C)(C)C)cc1/C(O)=C1\C(=O)C(=O)N(CC2CCCO2)C1c1cccc2ccccc12. The van der Waals surface area contributed by atoms with Crippen LogP contribution >= 0.6 is 0 Å². The summed E-state index contributed by atoms with van der Waals surface area (Å²) in [6, 6.07) is 18.6. The van der Waals surface area contributed by atoms with Gasteiger partial charge in [-0.25, -0.2) is 0 Å². The summed E-state index contributed by atoms with van der Waals surface area (Å²) in [5, 5.41) is 13.7. The number of carbonyl (C=O) groups is 2. The van der Waals surface area contributed by atoms with Crippen molar-refractivity contribution in [1.82, 2.24) is 4.90 Å². The van der Waals surface area contributed by atoms with Crippen LogP contribution in [0.4, 0.5) is 0 Å². The van der Waals surface area contributed by atoms with Gasteiger partial charge in [0.15, 0.2) is 0 Å². The van der Waals surface area contributed by atoms with Gasteiger partial charge in [-0.05, 0) is 52.3 Å². The summed E-state index contributed by atoms with van der Waals surface area (Å²) >= 11 is 0. The first-order chi connectivity index (χ1) is 17.7. The number of ether oxygens (including phenoxy) is 2. The van der Waals surface area contributed by atoms with E-state index in [2.05, 4.69) is 20.8 Å². The largest absolute Gasteiger partial charge is 0.507 e. The van der Waals surface area contributed by atoms with Crippen molar-refractivity contribution < 1.29 is 24.2 Å². The summed E-state index contributed by atoms with van der Waals surface area (Å²) in [7, 11) is 1.53. The number of likely N-dealkylation sites (tertiary alicyclic amines) is 1. The lowest BCUT2D eigenvalue weighted by molar-refractivity contribution is -0.140. The van der Waals surface area contributed by atoms with Crippen LogP contribution in [0.25, 0.3) is 16.5 Å². The number of benzene rings is 3. The second kappa shape index (κ2) is 9.67. The Morgan fingerprint density at radius 2 is 1.84 bits per heavy atom. The number of hydrogen-bond donors (Lipinski definition) is 1. The highest BCUT2D eigenvalue weighted by Gasteiger charge is 2.47. The molecule has 192 valence electrons. The molecule has 2 unspecified atom stereocenters. The Hall–Kier alpha value is -3.64. The van der Waals surface area contributed by atoms with Crippen molar-refractivity contribution in [2.45, 2.75) is 51.2 Å². The van der Waals surface area contributed by atoms with E-state index in [1.165, 1.54) is 7.11 Å². The molecule has 2 fully saturated rings. The van der Waals surface area contributed by atoms with Crippen molar-refractivity contribution in [2.75, 3.05) is 20.3 Å². The smallest absolute Gasteiger partial charge is 0.295 e. The number of aliphatic hydroxyl groups excluding tert-OH is 1. The Morgan fingerprint density at radius 3 is 2.54 bits per heavy atom. The van der Waals surface area contributed by atoms with Gasteiger partial charge in [-0.3, -0.25) is 9.59 Å². The van der Waals surface area contributed by atoms with E-state index in [0.29, 0.717) is 17.9 Å². The molecule has 2 saturated heterocycles. The van der Waals surface area contributed by atoms with Crippen LogP contribution in [0.3, 0.4) is 0 Å². The minimum atomic E-state index is -0.752. The summed E-state index contributed by atoms with van der Waals surface area (Å²) in [5.41, 5.74) is 2.05. The molecule has 0 aromatic heterocycles. The maximum atomic E-state index is 13.6. The number of rotatable bonds is 5. The second-order valence-corrected chi connectivity index (χ2v) is 10.8. The predicted octanol–water partition coefficient (Wildman–Crippen LogP) is 5.75. The number of amides is 1. The highest BCUT2D eigenvalue weighted by atomic mass is 16.5. The zero-order valence-corrected chi connectivity index (χ0v) is 21.8. The number of methoxy groups -OCH3 is 1. The van der Waals surface area contributed by atoms with E-state index in [-0.39, 0.29) is 29.4 Å². The molecule has 3 aromatic carbocycles. The normalized spacial score (nSPS) is 21.7. The minimum Gasteiger partial charge on any atom is -0.507 e. The number of carbonyl (C=O) groups excluding carboxylic acids is 2. The molecule has 2 heterocycles. The molecule has 5 rings (SSSR count). The molecule has 37 heavy (non-hydrogen) atoms. The zero-order valence-electron chi connectivity index (χ0n) is 21.8. The molecule has 2 aliphatic heterocycles. The standard InChI is InChI=1S/C31H33NO5/c1-31(2,3)20-14-15-25(36-4)24(17-20)28(33)26-27(23-13-7-10-19-9-5-6-12-22(19)23)32(30(35)29(26)34)18-21-11-8-16-37-21/h5-7,9-10,12-15,17,21,27,33H,8,11,16,18H2,1-4H3/b28-26+. The Balaban J connectivity index is 1.74. The van der Waals surface area contributed by atoms with E-state index in [9.17, 15) is 14.7 Å². The molecule has 0 saturated carbocycles. The van der Waals surface area contributed by atoms with E-state index < -0.39 is 17.7 Å². The topological polar surface area (TPSA) is 76.1 Å². The molecule has 1 amide bonds. The van der Waals surface area contributed by atoms with Gasteiger partial charge < -0.3 is 19.5 Å². The van der Waals surface area contributed by atoms with Gasteiger partial charge in [0.05, 0.1) is 30.4 Å². The summed E-state index contributed by atoms with van der Waals surface area (Å²) in [6.45, 7) is 7.17. The minimum absolute atomic E-state index is 0.0729. The van der Waals surface area contributed by atoms with Gasteiger partial charge in [0.1, 0.15) is 11.5 Å². The van der Waals surface area contributed by atoms with E-state index in [0.717, 1.165) is 34.7 Å². The van der Waals surface area contributed by atoms with E-state index in [4.69, 9.17) is 9.47 Å². The average Bonchev–Trinajstić information content (AvgIpc) is 3.49. The molecule has 0 radical (unpaired) electrons. The fourth-order valence-corrected chi connectivity index (χ4v) is 5.39. The molecule has 0 aliphatic carbocycles. The monoisotopic (exact) mass is 499 g/mol. The van der Waals surface area contributed by atoms with Crippen molar-refractivity contribution in [1.29, 1.82) is 0 Å². The molecule has 3 aromatic rings. The highest BCUT2D eigenvalue weighted by molar-refractivity contribution is 6.46. The summed E-state index contributed by atoms with van der Waals surface area (Å²) in [4.78, 5) is 28.7. The van der Waals surface area contributed by atoms with Crippen LogP contribution < -0.4 is 4.74 Å². The predicted molar refractivity (Wildman–Crippen MR) is 144 cm³/mol. The van der Waals surface area contributed by atoms with E-state index in [1.807, 2.05) is 54.6 Å². The Morgan fingerprint density at radius 1 is 1.08 bits per heavy atom. The van der Waals surface area contributed by atoms with Crippen LogP contribution in [-0.4, -0.2) is 48.1 Å². The third-order valence-corrected chi connectivity index (χ3v) is 7.40. The molecule has 0 spiro atoms. The molecule has 2 atom stereocenters. The Bertz CT molecular complexity index is 1390. The van der Waals surface area contributed by atoms with Gasteiger partial charge in [0.2, 0.25) is 0 Å². The molecular weight excluding hydrogens is 466 g/mol. The molecule has 2 aliphatic rings. The molecule has 0 bridgehead atoms. The number of Topliss-reactive ketones (excluding diaryl/α,β-unsaturated/α-hetero) is 1. The molecular formula is C31H33NO5. The third kappa shape index (κ3) is 4.51. The van der Waals surface area contributed by atoms with Crippen LogP contribution in [0.2, 0.25) is 0 Å². The summed E-state index contributed by atoms with van der Waals surface area (Å²) in [5.74, 6) is -1.11. The van der Waals surface area contributed by atoms with Gasteiger partial charge in [0, 0.05) is 13.2 Å². The average molecular weight is 500 g/mol.